The predicted molar refractivity (Wildman–Crippen MR) is 73.3 cm³/mol. The highest BCUT2D eigenvalue weighted by Crippen LogP contribution is 2.37. The first-order valence-electron chi connectivity index (χ1n) is 5.90. The second-order valence-electron chi connectivity index (χ2n) is 4.64. The molecule has 1 aromatic rings. The molecule has 0 aromatic heterocycles. The van der Waals surface area contributed by atoms with Gasteiger partial charge in [-0.2, -0.15) is 0 Å². The summed E-state index contributed by atoms with van der Waals surface area (Å²) < 4.78 is 0.666. The molecule has 2 N–H and O–H groups in total. The van der Waals surface area contributed by atoms with Gasteiger partial charge in [0.15, 0.2) is 0 Å². The molecule has 2 rings (SSSR count). The van der Waals surface area contributed by atoms with Crippen molar-refractivity contribution >= 4 is 33.3 Å². The van der Waals surface area contributed by atoms with Crippen molar-refractivity contribution < 1.29 is 14.8 Å². The van der Waals surface area contributed by atoms with Crippen molar-refractivity contribution in [3.8, 4) is 0 Å². The standard InChI is InChI=1S/C12H13BrN2O4/c13-8-3-4-10(15(18)19)9(7-8)14-12(11(16)17)5-1-2-6-12/h3-4,7,14H,1-2,5-6H2,(H,16,17). The SMILES string of the molecule is O=C(O)C1(Nc2cc(Br)ccc2[N+](=O)[O-])CCCC1. The summed E-state index contributed by atoms with van der Waals surface area (Å²) in [5.41, 5.74) is -0.967. The molecule has 0 spiro atoms. The Morgan fingerprint density at radius 1 is 1.42 bits per heavy atom. The van der Waals surface area contributed by atoms with Crippen LogP contribution in [0.5, 0.6) is 0 Å². The molecular formula is C12H13BrN2O4. The summed E-state index contributed by atoms with van der Waals surface area (Å²) in [5, 5.41) is 23.2. The van der Waals surface area contributed by atoms with Gasteiger partial charge in [-0.25, -0.2) is 4.79 Å². The fourth-order valence-electron chi connectivity index (χ4n) is 2.40. The van der Waals surface area contributed by atoms with Crippen molar-refractivity contribution in [1.29, 1.82) is 0 Å². The van der Waals surface area contributed by atoms with Crippen LogP contribution in [0, 0.1) is 10.1 Å². The number of nitrogens with one attached hydrogen (secondary N) is 1. The molecular weight excluding hydrogens is 316 g/mol. The second-order valence-corrected chi connectivity index (χ2v) is 5.55. The Morgan fingerprint density at radius 2 is 2.05 bits per heavy atom. The number of carbonyl (C=O) groups is 1. The summed E-state index contributed by atoms with van der Waals surface area (Å²) in [6, 6.07) is 4.46. The van der Waals surface area contributed by atoms with Crippen LogP contribution in [0.15, 0.2) is 22.7 Å². The molecule has 1 saturated carbocycles. The number of carboxylic acids is 1. The molecule has 1 aliphatic carbocycles. The molecule has 7 heteroatoms. The number of hydrogen-bond donors (Lipinski definition) is 2. The van der Waals surface area contributed by atoms with E-state index in [0.717, 1.165) is 12.8 Å². The zero-order chi connectivity index (χ0) is 14.0. The molecule has 1 aliphatic rings. The number of halogens is 1. The number of rotatable bonds is 4. The Labute approximate surface area is 118 Å². The fraction of sp³-hybridized carbons (Fsp3) is 0.417. The van der Waals surface area contributed by atoms with E-state index >= 15 is 0 Å². The van der Waals surface area contributed by atoms with Gasteiger partial charge in [-0.05, 0) is 25.0 Å². The van der Waals surface area contributed by atoms with Crippen molar-refractivity contribution in [2.24, 2.45) is 0 Å². The van der Waals surface area contributed by atoms with Crippen LogP contribution >= 0.6 is 15.9 Å². The summed E-state index contributed by atoms with van der Waals surface area (Å²) in [5.74, 6) is -0.959. The van der Waals surface area contributed by atoms with E-state index in [0.29, 0.717) is 17.3 Å². The summed E-state index contributed by atoms with van der Waals surface area (Å²) in [6.07, 6.45) is 2.57. The maximum atomic E-state index is 11.4. The van der Waals surface area contributed by atoms with E-state index in [4.69, 9.17) is 0 Å². The van der Waals surface area contributed by atoms with Crippen LogP contribution in [0.2, 0.25) is 0 Å². The normalized spacial score (nSPS) is 17.1. The lowest BCUT2D eigenvalue weighted by Gasteiger charge is -2.26. The molecule has 1 aromatic carbocycles. The number of nitro benzene ring substituents is 1. The van der Waals surface area contributed by atoms with E-state index in [1.807, 2.05) is 0 Å². The van der Waals surface area contributed by atoms with Crippen LogP contribution in [-0.2, 0) is 4.79 Å². The van der Waals surface area contributed by atoms with Gasteiger partial charge in [0.25, 0.3) is 5.69 Å². The van der Waals surface area contributed by atoms with Crippen LogP contribution in [0.25, 0.3) is 0 Å². The molecule has 0 unspecified atom stereocenters. The van der Waals surface area contributed by atoms with Crippen molar-refractivity contribution in [2.75, 3.05) is 5.32 Å². The topological polar surface area (TPSA) is 92.5 Å². The molecule has 0 bridgehead atoms. The maximum Gasteiger partial charge on any atom is 0.329 e. The molecule has 0 aliphatic heterocycles. The minimum atomic E-state index is -1.09. The van der Waals surface area contributed by atoms with E-state index in [-0.39, 0.29) is 11.4 Å². The Bertz CT molecular complexity index is 526. The first-order chi connectivity index (χ1) is 8.94. The lowest BCUT2D eigenvalue weighted by Crippen LogP contribution is -2.43. The Kier molecular flexibility index (Phi) is 3.75. The molecule has 102 valence electrons. The van der Waals surface area contributed by atoms with Gasteiger partial charge in [0, 0.05) is 10.5 Å². The van der Waals surface area contributed by atoms with Crippen LogP contribution in [0.3, 0.4) is 0 Å². The second kappa shape index (κ2) is 5.16. The van der Waals surface area contributed by atoms with Crippen molar-refractivity contribution in [3.63, 3.8) is 0 Å². The third kappa shape index (κ3) is 2.70. The molecule has 1 fully saturated rings. The highest BCUT2D eigenvalue weighted by molar-refractivity contribution is 9.10. The lowest BCUT2D eigenvalue weighted by molar-refractivity contribution is -0.384. The smallest absolute Gasteiger partial charge is 0.329 e. The van der Waals surface area contributed by atoms with Gasteiger partial charge in [-0.15, -0.1) is 0 Å². The number of nitro groups is 1. The first kappa shape index (κ1) is 13.8. The van der Waals surface area contributed by atoms with Crippen LogP contribution in [0.4, 0.5) is 11.4 Å². The van der Waals surface area contributed by atoms with Crippen molar-refractivity contribution in [2.45, 2.75) is 31.2 Å². The Balaban J connectivity index is 2.39. The molecule has 0 heterocycles. The molecule has 6 nitrogen and oxygen atoms in total. The van der Waals surface area contributed by atoms with E-state index in [1.165, 1.54) is 6.07 Å². The minimum Gasteiger partial charge on any atom is -0.480 e. The van der Waals surface area contributed by atoms with Crippen LogP contribution in [0.1, 0.15) is 25.7 Å². The lowest BCUT2D eigenvalue weighted by atomic mass is 9.97. The predicted octanol–water partition coefficient (Wildman–Crippen LogP) is 3.17. The van der Waals surface area contributed by atoms with Gasteiger partial charge in [-0.3, -0.25) is 10.1 Å². The quantitative estimate of drug-likeness (QED) is 0.654. The molecule has 0 radical (unpaired) electrons. The van der Waals surface area contributed by atoms with Crippen molar-refractivity contribution in [3.05, 3.63) is 32.8 Å². The first-order valence-corrected chi connectivity index (χ1v) is 6.69. The number of anilines is 1. The van der Waals surface area contributed by atoms with Gasteiger partial charge in [-0.1, -0.05) is 28.8 Å². The number of nitrogens with zero attached hydrogens (tertiary/aromatic N) is 1. The van der Waals surface area contributed by atoms with E-state index in [9.17, 15) is 20.0 Å². The molecule has 19 heavy (non-hydrogen) atoms. The van der Waals surface area contributed by atoms with Gasteiger partial charge in [0.2, 0.25) is 0 Å². The largest absolute Gasteiger partial charge is 0.480 e. The highest BCUT2D eigenvalue weighted by atomic mass is 79.9. The Morgan fingerprint density at radius 3 is 2.58 bits per heavy atom. The fourth-order valence-corrected chi connectivity index (χ4v) is 2.76. The number of hydrogen-bond acceptors (Lipinski definition) is 4. The van der Waals surface area contributed by atoms with Crippen LogP contribution < -0.4 is 5.32 Å². The summed E-state index contributed by atoms with van der Waals surface area (Å²) in [7, 11) is 0. The molecule has 0 amide bonds. The van der Waals surface area contributed by atoms with E-state index in [1.54, 1.807) is 12.1 Å². The van der Waals surface area contributed by atoms with Gasteiger partial charge in [0.1, 0.15) is 11.2 Å². The van der Waals surface area contributed by atoms with Gasteiger partial charge < -0.3 is 10.4 Å². The monoisotopic (exact) mass is 328 g/mol. The molecule has 0 saturated heterocycles. The number of carboxylic acid groups (broad SMARTS) is 1. The number of aliphatic carboxylic acids is 1. The summed E-state index contributed by atoms with van der Waals surface area (Å²) >= 11 is 3.24. The zero-order valence-electron chi connectivity index (χ0n) is 10.1. The van der Waals surface area contributed by atoms with Gasteiger partial charge in [0.05, 0.1) is 4.92 Å². The summed E-state index contributed by atoms with van der Waals surface area (Å²) in [4.78, 5) is 21.9. The minimum absolute atomic E-state index is 0.115. The number of benzene rings is 1. The van der Waals surface area contributed by atoms with Gasteiger partial charge >= 0.3 is 5.97 Å². The average molecular weight is 329 g/mol. The third-order valence-electron chi connectivity index (χ3n) is 3.40. The molecule has 0 atom stereocenters. The van der Waals surface area contributed by atoms with Crippen molar-refractivity contribution in [1.82, 2.24) is 0 Å². The van der Waals surface area contributed by atoms with Crippen LogP contribution in [-0.4, -0.2) is 21.5 Å². The highest BCUT2D eigenvalue weighted by Gasteiger charge is 2.42. The van der Waals surface area contributed by atoms with E-state index in [2.05, 4.69) is 21.2 Å². The summed E-state index contributed by atoms with van der Waals surface area (Å²) in [6.45, 7) is 0. The average Bonchev–Trinajstić information content (AvgIpc) is 2.78. The van der Waals surface area contributed by atoms with E-state index < -0.39 is 16.4 Å². The maximum absolute atomic E-state index is 11.4. The third-order valence-corrected chi connectivity index (χ3v) is 3.89. The Hall–Kier alpha value is -1.63. The zero-order valence-corrected chi connectivity index (χ0v) is 11.6.